The van der Waals surface area contributed by atoms with Gasteiger partial charge in [0.2, 0.25) is 5.89 Å². The Morgan fingerprint density at radius 3 is 2.67 bits per heavy atom. The molecule has 0 fully saturated rings. The predicted octanol–water partition coefficient (Wildman–Crippen LogP) is 3.19. The van der Waals surface area contributed by atoms with Crippen LogP contribution < -0.4 is 10.5 Å². The number of nitrogens with zero attached hydrogens (tertiary/aromatic N) is 1. The molecule has 0 bridgehead atoms. The van der Waals surface area contributed by atoms with Gasteiger partial charge < -0.3 is 14.9 Å². The smallest absolute Gasteiger partial charge is 0.226 e. The lowest BCUT2D eigenvalue weighted by Gasteiger charge is -2.05. The molecule has 96 valence electrons. The van der Waals surface area contributed by atoms with Crippen LogP contribution in [-0.4, -0.2) is 11.6 Å². The van der Waals surface area contributed by atoms with Crippen molar-refractivity contribution in [2.24, 2.45) is 0 Å². The minimum absolute atomic E-state index is 0.595. The third-order valence-corrected chi connectivity index (χ3v) is 2.70. The first kappa shape index (κ1) is 12.5. The van der Waals surface area contributed by atoms with Crippen molar-refractivity contribution in [1.82, 2.24) is 4.98 Å². The second kappa shape index (κ2) is 5.12. The Balaban J connectivity index is 2.42. The van der Waals surface area contributed by atoms with Crippen LogP contribution in [-0.2, 0) is 6.42 Å². The summed E-state index contributed by atoms with van der Waals surface area (Å²) in [4.78, 5) is 4.42. The van der Waals surface area contributed by atoms with Gasteiger partial charge in [-0.15, -0.1) is 0 Å². The Bertz CT molecular complexity index is 547. The van der Waals surface area contributed by atoms with Gasteiger partial charge in [-0.25, -0.2) is 4.98 Å². The summed E-state index contributed by atoms with van der Waals surface area (Å²) in [6.07, 6.45) is 0.833. The number of aryl methyl sites for hydroxylation is 2. The second-order valence-electron chi connectivity index (χ2n) is 4.10. The molecule has 18 heavy (non-hydrogen) atoms. The molecule has 0 radical (unpaired) electrons. The molecule has 0 saturated heterocycles. The van der Waals surface area contributed by atoms with Crippen molar-refractivity contribution in [1.29, 1.82) is 0 Å². The number of nitrogens with two attached hydrogens (primary N) is 1. The Hall–Kier alpha value is -1.97. The summed E-state index contributed by atoms with van der Waals surface area (Å²) < 4.78 is 11.2. The topological polar surface area (TPSA) is 61.3 Å². The maximum atomic E-state index is 5.85. The molecular weight excluding hydrogens is 228 g/mol. The number of aromatic nitrogens is 1. The molecule has 1 aromatic carbocycles. The Morgan fingerprint density at radius 1 is 1.28 bits per heavy atom. The van der Waals surface area contributed by atoms with Crippen LogP contribution in [0.1, 0.15) is 25.3 Å². The van der Waals surface area contributed by atoms with E-state index in [0.717, 1.165) is 29.2 Å². The summed E-state index contributed by atoms with van der Waals surface area (Å²) in [7, 11) is 0. The molecule has 1 aromatic heterocycles. The second-order valence-corrected chi connectivity index (χ2v) is 4.10. The molecule has 0 aliphatic rings. The van der Waals surface area contributed by atoms with Crippen molar-refractivity contribution < 1.29 is 9.15 Å². The number of hydrogen-bond acceptors (Lipinski definition) is 4. The van der Waals surface area contributed by atoms with Gasteiger partial charge in [-0.2, -0.15) is 0 Å². The maximum Gasteiger partial charge on any atom is 0.226 e. The molecular formula is C14H18N2O2. The fraction of sp³-hybridized carbons (Fsp3) is 0.357. The number of hydrogen-bond donors (Lipinski definition) is 1. The predicted molar refractivity (Wildman–Crippen MR) is 71.6 cm³/mol. The zero-order chi connectivity index (χ0) is 13.1. The average Bonchev–Trinajstić information content (AvgIpc) is 2.70. The van der Waals surface area contributed by atoms with Crippen molar-refractivity contribution in [3.8, 4) is 17.2 Å². The van der Waals surface area contributed by atoms with E-state index in [4.69, 9.17) is 14.9 Å². The van der Waals surface area contributed by atoms with Gasteiger partial charge in [-0.1, -0.05) is 6.92 Å². The zero-order valence-corrected chi connectivity index (χ0v) is 11.0. The maximum absolute atomic E-state index is 5.85. The van der Waals surface area contributed by atoms with E-state index >= 15 is 0 Å². The molecule has 0 aliphatic heterocycles. The summed E-state index contributed by atoms with van der Waals surface area (Å²) in [6, 6.07) is 5.53. The van der Waals surface area contributed by atoms with Gasteiger partial charge in [0.25, 0.3) is 0 Å². The van der Waals surface area contributed by atoms with Crippen LogP contribution in [0.15, 0.2) is 22.6 Å². The molecule has 2 aromatic rings. The molecule has 0 unspecified atom stereocenters. The van der Waals surface area contributed by atoms with Gasteiger partial charge in [0.1, 0.15) is 11.5 Å². The summed E-state index contributed by atoms with van der Waals surface area (Å²) in [6.45, 7) is 6.53. The van der Waals surface area contributed by atoms with Crippen molar-refractivity contribution in [3.05, 3.63) is 29.7 Å². The molecule has 0 aliphatic carbocycles. The standard InChI is InChI=1S/C14H18N2O2/c1-4-13-9(3)16-14(18-13)10-6-11(15)8-12(7-10)17-5-2/h6-8H,4-5,15H2,1-3H3. The third kappa shape index (κ3) is 2.47. The van der Waals surface area contributed by atoms with Gasteiger partial charge in [-0.3, -0.25) is 0 Å². The van der Waals surface area contributed by atoms with Crippen LogP contribution in [0.2, 0.25) is 0 Å². The van der Waals surface area contributed by atoms with E-state index in [1.165, 1.54) is 0 Å². The van der Waals surface area contributed by atoms with Gasteiger partial charge in [0.05, 0.1) is 12.3 Å². The van der Waals surface area contributed by atoms with E-state index in [-0.39, 0.29) is 0 Å². The molecule has 0 atom stereocenters. The molecule has 4 heteroatoms. The number of ether oxygens (including phenoxy) is 1. The highest BCUT2D eigenvalue weighted by Crippen LogP contribution is 2.28. The van der Waals surface area contributed by atoms with E-state index in [0.29, 0.717) is 18.2 Å². The minimum Gasteiger partial charge on any atom is -0.494 e. The summed E-state index contributed by atoms with van der Waals surface area (Å²) in [5.74, 6) is 2.24. The Morgan fingerprint density at radius 2 is 2.06 bits per heavy atom. The van der Waals surface area contributed by atoms with Crippen molar-refractivity contribution in [2.45, 2.75) is 27.2 Å². The molecule has 1 heterocycles. The van der Waals surface area contributed by atoms with E-state index in [2.05, 4.69) is 4.98 Å². The number of oxazole rings is 1. The van der Waals surface area contributed by atoms with Crippen LogP contribution in [0.4, 0.5) is 5.69 Å². The molecule has 2 N–H and O–H groups in total. The lowest BCUT2D eigenvalue weighted by atomic mass is 10.2. The van der Waals surface area contributed by atoms with Crippen molar-refractivity contribution in [2.75, 3.05) is 12.3 Å². The van der Waals surface area contributed by atoms with E-state index in [1.54, 1.807) is 6.07 Å². The highest BCUT2D eigenvalue weighted by Gasteiger charge is 2.11. The monoisotopic (exact) mass is 246 g/mol. The third-order valence-electron chi connectivity index (χ3n) is 2.70. The highest BCUT2D eigenvalue weighted by molar-refractivity contribution is 5.63. The first-order valence-corrected chi connectivity index (χ1v) is 6.14. The molecule has 4 nitrogen and oxygen atoms in total. The van der Waals surface area contributed by atoms with E-state index in [1.807, 2.05) is 32.9 Å². The van der Waals surface area contributed by atoms with Crippen LogP contribution in [0.5, 0.6) is 5.75 Å². The lowest BCUT2D eigenvalue weighted by molar-refractivity contribution is 0.340. The summed E-state index contributed by atoms with van der Waals surface area (Å²) in [5, 5.41) is 0. The van der Waals surface area contributed by atoms with Crippen LogP contribution in [0.3, 0.4) is 0 Å². The number of nitrogen functional groups attached to an aromatic ring is 1. The van der Waals surface area contributed by atoms with Crippen molar-refractivity contribution in [3.63, 3.8) is 0 Å². The van der Waals surface area contributed by atoms with Crippen LogP contribution >= 0.6 is 0 Å². The number of anilines is 1. The van der Waals surface area contributed by atoms with Crippen LogP contribution in [0.25, 0.3) is 11.5 Å². The molecule has 0 spiro atoms. The minimum atomic E-state index is 0.595. The Labute approximate surface area is 107 Å². The summed E-state index contributed by atoms with van der Waals surface area (Å²) in [5.41, 5.74) is 8.27. The van der Waals surface area contributed by atoms with E-state index in [9.17, 15) is 0 Å². The fourth-order valence-electron chi connectivity index (χ4n) is 1.88. The molecule has 2 rings (SSSR count). The fourth-order valence-corrected chi connectivity index (χ4v) is 1.88. The average molecular weight is 246 g/mol. The Kier molecular flexibility index (Phi) is 3.55. The molecule has 0 amide bonds. The molecule has 0 saturated carbocycles. The zero-order valence-electron chi connectivity index (χ0n) is 11.0. The van der Waals surface area contributed by atoms with Gasteiger partial charge in [0, 0.05) is 23.7 Å². The quantitative estimate of drug-likeness (QED) is 0.841. The first-order valence-electron chi connectivity index (χ1n) is 6.14. The highest BCUT2D eigenvalue weighted by atomic mass is 16.5. The van der Waals surface area contributed by atoms with Gasteiger partial charge in [0.15, 0.2) is 0 Å². The van der Waals surface area contributed by atoms with E-state index < -0.39 is 0 Å². The largest absolute Gasteiger partial charge is 0.494 e. The SMILES string of the molecule is CCOc1cc(N)cc(-c2nc(C)c(CC)o2)c1. The number of rotatable bonds is 4. The lowest BCUT2D eigenvalue weighted by Crippen LogP contribution is -1.94. The van der Waals surface area contributed by atoms with Crippen LogP contribution in [0, 0.1) is 6.92 Å². The number of benzene rings is 1. The first-order chi connectivity index (χ1) is 8.63. The summed E-state index contributed by atoms with van der Waals surface area (Å²) >= 11 is 0. The normalized spacial score (nSPS) is 10.6. The van der Waals surface area contributed by atoms with Gasteiger partial charge in [-0.05, 0) is 26.0 Å². The van der Waals surface area contributed by atoms with Gasteiger partial charge >= 0.3 is 0 Å². The van der Waals surface area contributed by atoms with Crippen molar-refractivity contribution >= 4 is 5.69 Å².